The molecule has 0 spiro atoms. The van der Waals surface area contributed by atoms with Gasteiger partial charge in [0.2, 0.25) is 0 Å². The van der Waals surface area contributed by atoms with Crippen LogP contribution in [0.4, 0.5) is 0 Å². The monoisotopic (exact) mass is 460 g/mol. The molecule has 164 valence electrons. The zero-order valence-corrected chi connectivity index (χ0v) is 20.1. The van der Waals surface area contributed by atoms with Gasteiger partial charge in [0, 0.05) is 28.1 Å². The predicted octanol–water partition coefficient (Wildman–Crippen LogP) is 6.86. The molecule has 2 aromatic carbocycles. The van der Waals surface area contributed by atoms with Gasteiger partial charge in [-0.15, -0.1) is 0 Å². The molecule has 0 bridgehead atoms. The number of benzene rings is 2. The molecule has 0 radical (unpaired) electrons. The van der Waals surface area contributed by atoms with Crippen LogP contribution in [0.2, 0.25) is 10.0 Å². The quantitative estimate of drug-likeness (QED) is 0.467. The molecule has 3 rings (SSSR count). The number of hydrogen-bond acceptors (Lipinski definition) is 4. The van der Waals surface area contributed by atoms with Gasteiger partial charge in [-0.25, -0.2) is 0 Å². The van der Waals surface area contributed by atoms with Gasteiger partial charge in [-0.1, -0.05) is 48.3 Å². The number of cyclic esters (lactones) is 1. The van der Waals surface area contributed by atoms with E-state index in [1.807, 2.05) is 31.2 Å². The maximum absolute atomic E-state index is 13.0. The molecule has 0 aliphatic carbocycles. The lowest BCUT2D eigenvalue weighted by molar-refractivity contribution is -0.169. The summed E-state index contributed by atoms with van der Waals surface area (Å²) in [6.07, 6.45) is 0.729. The van der Waals surface area contributed by atoms with Crippen LogP contribution in [0.5, 0.6) is 0 Å². The van der Waals surface area contributed by atoms with Crippen LogP contribution in [-0.2, 0) is 25.5 Å². The van der Waals surface area contributed by atoms with Crippen molar-refractivity contribution in [1.29, 1.82) is 0 Å². The molecule has 0 saturated carbocycles. The fourth-order valence-electron chi connectivity index (χ4n) is 3.88. The average molecular weight is 461 g/mol. The number of halogens is 2. The maximum Gasteiger partial charge on any atom is 0.317 e. The highest BCUT2D eigenvalue weighted by Gasteiger charge is 2.50. The van der Waals surface area contributed by atoms with Gasteiger partial charge in [0.15, 0.2) is 11.4 Å². The van der Waals surface area contributed by atoms with Crippen molar-refractivity contribution < 1.29 is 19.1 Å². The van der Waals surface area contributed by atoms with E-state index in [1.165, 1.54) is 6.92 Å². The number of ether oxygens (including phenoxy) is 2. The van der Waals surface area contributed by atoms with Crippen LogP contribution in [0.15, 0.2) is 42.2 Å². The van der Waals surface area contributed by atoms with Gasteiger partial charge in [0.05, 0.1) is 5.41 Å². The molecule has 1 aliphatic heterocycles. The summed E-state index contributed by atoms with van der Waals surface area (Å²) in [5.74, 6) is -0.497. The maximum atomic E-state index is 13.0. The molecule has 0 N–H and O–H groups in total. The second-order valence-corrected chi connectivity index (χ2v) is 9.52. The third-order valence-electron chi connectivity index (χ3n) is 5.51. The molecule has 31 heavy (non-hydrogen) atoms. The lowest BCUT2D eigenvalue weighted by Gasteiger charge is -2.41. The van der Waals surface area contributed by atoms with Crippen molar-refractivity contribution >= 4 is 40.7 Å². The minimum atomic E-state index is -1.09. The number of hydrogen-bond donors (Lipinski definition) is 0. The van der Waals surface area contributed by atoms with Gasteiger partial charge >= 0.3 is 11.9 Å². The Morgan fingerprint density at radius 3 is 2.29 bits per heavy atom. The normalized spacial score (nSPS) is 17.4. The van der Waals surface area contributed by atoms with E-state index in [0.717, 1.165) is 28.7 Å². The average Bonchev–Trinajstić information content (AvgIpc) is 2.65. The lowest BCUT2D eigenvalue weighted by Crippen LogP contribution is -2.45. The van der Waals surface area contributed by atoms with Gasteiger partial charge in [-0.05, 0) is 69.0 Å². The van der Waals surface area contributed by atoms with E-state index < -0.39 is 17.0 Å². The second-order valence-electron chi connectivity index (χ2n) is 8.67. The third-order valence-corrected chi connectivity index (χ3v) is 6.05. The number of rotatable bonds is 4. The molecule has 0 fully saturated rings. The highest BCUT2D eigenvalue weighted by molar-refractivity contribution is 6.36. The van der Waals surface area contributed by atoms with Crippen LogP contribution < -0.4 is 0 Å². The minimum Gasteiger partial charge on any atom is -0.451 e. The van der Waals surface area contributed by atoms with Gasteiger partial charge < -0.3 is 9.47 Å². The van der Waals surface area contributed by atoms with Crippen molar-refractivity contribution in [1.82, 2.24) is 0 Å². The first kappa shape index (κ1) is 23.4. The fourth-order valence-corrected chi connectivity index (χ4v) is 4.40. The summed E-state index contributed by atoms with van der Waals surface area (Å²) in [6, 6.07) is 11.3. The highest BCUT2D eigenvalue weighted by Crippen LogP contribution is 2.49. The number of carbonyl (C=O) groups excluding carboxylic acids is 2. The molecule has 0 unspecified atom stereocenters. The molecule has 1 aliphatic rings. The lowest BCUT2D eigenvalue weighted by atomic mass is 9.73. The number of carbonyl (C=O) groups is 2. The molecule has 1 heterocycles. The smallest absolute Gasteiger partial charge is 0.317 e. The van der Waals surface area contributed by atoms with E-state index >= 15 is 0 Å². The van der Waals surface area contributed by atoms with Gasteiger partial charge in [0.1, 0.15) is 0 Å². The predicted molar refractivity (Wildman–Crippen MR) is 124 cm³/mol. The molecule has 4 nitrogen and oxygen atoms in total. The first-order chi connectivity index (χ1) is 14.4. The Labute approximate surface area is 193 Å². The minimum absolute atomic E-state index is 0.346. The first-order valence-electron chi connectivity index (χ1n) is 10.1. The second kappa shape index (κ2) is 8.33. The Hall–Kier alpha value is -2.30. The van der Waals surface area contributed by atoms with Crippen LogP contribution in [0.3, 0.4) is 0 Å². The van der Waals surface area contributed by atoms with Crippen molar-refractivity contribution in [3.8, 4) is 11.1 Å². The molecule has 0 aromatic heterocycles. The van der Waals surface area contributed by atoms with Crippen molar-refractivity contribution in [2.75, 3.05) is 0 Å². The molecule has 0 amide bonds. The van der Waals surface area contributed by atoms with E-state index in [1.54, 1.807) is 39.8 Å². The van der Waals surface area contributed by atoms with E-state index in [0.29, 0.717) is 21.4 Å². The Kier molecular flexibility index (Phi) is 6.28. The Bertz CT molecular complexity index is 1100. The number of esters is 2. The van der Waals surface area contributed by atoms with Crippen LogP contribution in [0, 0.1) is 5.41 Å². The fraction of sp³-hybridized carbons (Fsp3) is 0.360. The number of aryl methyl sites for hydroxylation is 1. The summed E-state index contributed by atoms with van der Waals surface area (Å²) in [4.78, 5) is 24.9. The Balaban J connectivity index is 2.36. The first-order valence-corrected chi connectivity index (χ1v) is 10.9. The molecule has 6 heteroatoms. The summed E-state index contributed by atoms with van der Waals surface area (Å²) in [5.41, 5.74) is 2.08. The van der Waals surface area contributed by atoms with Crippen LogP contribution >= 0.6 is 23.2 Å². The standard InChI is InChI=1S/C25H26Cl2O4/c1-7-15-8-9-16(18-11-10-17(26)13-20(18)27)12-19(15)21-22(30-14(2)28)25(5,6)31-23(29)24(21,3)4/h8-13H,7H2,1-6H3. The molecular formula is C25H26Cl2O4. The Morgan fingerprint density at radius 2 is 1.71 bits per heavy atom. The highest BCUT2D eigenvalue weighted by atomic mass is 35.5. The van der Waals surface area contributed by atoms with Gasteiger partial charge in [-0.2, -0.15) is 0 Å². The van der Waals surface area contributed by atoms with Crippen LogP contribution in [0.25, 0.3) is 16.7 Å². The topological polar surface area (TPSA) is 52.6 Å². The zero-order valence-electron chi connectivity index (χ0n) is 18.6. The zero-order chi connectivity index (χ0) is 23.1. The van der Waals surface area contributed by atoms with E-state index in [-0.39, 0.29) is 5.97 Å². The summed E-state index contributed by atoms with van der Waals surface area (Å²) in [6.45, 7) is 10.4. The van der Waals surface area contributed by atoms with E-state index in [4.69, 9.17) is 32.7 Å². The van der Waals surface area contributed by atoms with Gasteiger partial charge in [0.25, 0.3) is 0 Å². The largest absolute Gasteiger partial charge is 0.451 e. The van der Waals surface area contributed by atoms with E-state index in [2.05, 4.69) is 0 Å². The van der Waals surface area contributed by atoms with Crippen molar-refractivity contribution in [2.45, 2.75) is 53.6 Å². The van der Waals surface area contributed by atoms with Crippen LogP contribution in [-0.4, -0.2) is 17.5 Å². The summed E-state index contributed by atoms with van der Waals surface area (Å²) < 4.78 is 11.3. The third kappa shape index (κ3) is 4.37. The summed E-state index contributed by atoms with van der Waals surface area (Å²) in [5, 5.41) is 1.08. The van der Waals surface area contributed by atoms with Crippen molar-refractivity contribution in [3.05, 3.63) is 63.3 Å². The van der Waals surface area contributed by atoms with Gasteiger partial charge in [-0.3, -0.25) is 9.59 Å². The molecular weight excluding hydrogens is 435 g/mol. The summed E-state index contributed by atoms with van der Waals surface area (Å²) in [7, 11) is 0. The SMILES string of the molecule is CCc1ccc(-c2ccc(Cl)cc2Cl)cc1C1=C(OC(C)=O)C(C)(C)OC(=O)C1(C)C. The summed E-state index contributed by atoms with van der Waals surface area (Å²) >= 11 is 12.5. The van der Waals surface area contributed by atoms with Crippen LogP contribution in [0.1, 0.15) is 52.7 Å². The van der Waals surface area contributed by atoms with E-state index in [9.17, 15) is 9.59 Å². The molecule has 0 saturated heterocycles. The Morgan fingerprint density at radius 1 is 1.03 bits per heavy atom. The molecule has 0 atom stereocenters. The molecule has 2 aromatic rings. The van der Waals surface area contributed by atoms with Crippen molar-refractivity contribution in [2.24, 2.45) is 5.41 Å². The van der Waals surface area contributed by atoms with Crippen molar-refractivity contribution in [3.63, 3.8) is 0 Å².